The predicted molar refractivity (Wildman–Crippen MR) is 82.3 cm³/mol. The van der Waals surface area contributed by atoms with Crippen molar-refractivity contribution in [1.29, 1.82) is 0 Å². The molecule has 1 heterocycles. The maximum absolute atomic E-state index is 12.7. The van der Waals surface area contributed by atoms with E-state index in [0.29, 0.717) is 11.1 Å². The maximum atomic E-state index is 12.7. The highest BCUT2D eigenvalue weighted by Gasteiger charge is 2.30. The van der Waals surface area contributed by atoms with Crippen molar-refractivity contribution in [3.8, 4) is 11.4 Å². The molecule has 0 radical (unpaired) electrons. The van der Waals surface area contributed by atoms with Crippen LogP contribution in [0.25, 0.3) is 11.4 Å². The number of benzene rings is 2. The van der Waals surface area contributed by atoms with Crippen LogP contribution in [0.1, 0.15) is 21.8 Å². The molecule has 2 aromatic carbocycles. The molecule has 0 atom stereocenters. The fourth-order valence-electron chi connectivity index (χ4n) is 2.14. The molecule has 5 nitrogen and oxygen atoms in total. The van der Waals surface area contributed by atoms with Crippen LogP contribution in [-0.2, 0) is 12.7 Å². The zero-order valence-electron chi connectivity index (χ0n) is 12.7. The molecule has 128 valence electrons. The zero-order chi connectivity index (χ0) is 17.9. The summed E-state index contributed by atoms with van der Waals surface area (Å²) in [5.41, 5.74) is 0.220. The second-order valence-corrected chi connectivity index (χ2v) is 5.17. The van der Waals surface area contributed by atoms with Crippen LogP contribution in [0.5, 0.6) is 0 Å². The number of nitrogens with one attached hydrogen (secondary N) is 1. The summed E-state index contributed by atoms with van der Waals surface area (Å²) in [7, 11) is 0. The minimum Gasteiger partial charge on any atom is -0.344 e. The fourth-order valence-corrected chi connectivity index (χ4v) is 2.14. The lowest BCUT2D eigenvalue weighted by molar-refractivity contribution is -0.137. The molecule has 0 fully saturated rings. The van der Waals surface area contributed by atoms with E-state index in [9.17, 15) is 18.0 Å². The van der Waals surface area contributed by atoms with Crippen molar-refractivity contribution >= 4 is 5.91 Å². The lowest BCUT2D eigenvalue weighted by Gasteiger charge is -2.08. The molecule has 0 aliphatic rings. The third-order valence-corrected chi connectivity index (χ3v) is 3.36. The van der Waals surface area contributed by atoms with E-state index in [4.69, 9.17) is 4.52 Å². The molecule has 0 aliphatic carbocycles. The first-order valence-corrected chi connectivity index (χ1v) is 7.27. The lowest BCUT2D eigenvalue weighted by atomic mass is 10.1. The van der Waals surface area contributed by atoms with Crippen LogP contribution in [0.3, 0.4) is 0 Å². The van der Waals surface area contributed by atoms with Crippen molar-refractivity contribution in [2.45, 2.75) is 12.7 Å². The number of amides is 1. The molecule has 8 heteroatoms. The molecular weight excluding hydrogens is 335 g/mol. The van der Waals surface area contributed by atoms with Crippen molar-refractivity contribution in [3.63, 3.8) is 0 Å². The number of rotatable bonds is 4. The van der Waals surface area contributed by atoms with Crippen LogP contribution in [0, 0.1) is 0 Å². The third-order valence-electron chi connectivity index (χ3n) is 3.36. The van der Waals surface area contributed by atoms with E-state index in [0.717, 1.165) is 12.1 Å². The summed E-state index contributed by atoms with van der Waals surface area (Å²) in [5.74, 6) is -0.664. The molecule has 0 aliphatic heterocycles. The maximum Gasteiger partial charge on any atom is 0.416 e. The van der Waals surface area contributed by atoms with Gasteiger partial charge in [-0.2, -0.15) is 18.2 Å². The van der Waals surface area contributed by atoms with Crippen molar-refractivity contribution < 1.29 is 22.5 Å². The third kappa shape index (κ3) is 4.03. The standard InChI is InChI=1S/C17H12F3N3O2/c18-17(19,20)13-8-4-5-11(9-13)10-21-15(24)16-22-14(23-25-16)12-6-2-1-3-7-12/h1-9H,10H2,(H,21,24). The van der Waals surface area contributed by atoms with Crippen LogP contribution in [0.15, 0.2) is 59.1 Å². The summed E-state index contributed by atoms with van der Waals surface area (Å²) >= 11 is 0. The second kappa shape index (κ2) is 6.76. The van der Waals surface area contributed by atoms with Crippen molar-refractivity contribution in [3.05, 3.63) is 71.6 Å². The van der Waals surface area contributed by atoms with Gasteiger partial charge in [-0.25, -0.2) is 0 Å². The number of hydrogen-bond acceptors (Lipinski definition) is 4. The van der Waals surface area contributed by atoms with E-state index in [1.54, 1.807) is 24.3 Å². The smallest absolute Gasteiger partial charge is 0.344 e. The average Bonchev–Trinajstić information content (AvgIpc) is 3.10. The summed E-state index contributed by atoms with van der Waals surface area (Å²) in [4.78, 5) is 16.0. The largest absolute Gasteiger partial charge is 0.416 e. The quantitative estimate of drug-likeness (QED) is 0.782. The number of carbonyl (C=O) groups excluding carboxylic acids is 1. The van der Waals surface area contributed by atoms with Gasteiger partial charge in [0.2, 0.25) is 5.82 Å². The second-order valence-electron chi connectivity index (χ2n) is 5.17. The molecule has 0 bridgehead atoms. The molecule has 3 rings (SSSR count). The zero-order valence-corrected chi connectivity index (χ0v) is 12.7. The molecule has 1 amide bonds. The molecule has 0 spiro atoms. The summed E-state index contributed by atoms with van der Waals surface area (Å²) in [6, 6.07) is 13.6. The first-order valence-electron chi connectivity index (χ1n) is 7.27. The summed E-state index contributed by atoms with van der Waals surface area (Å²) < 4.78 is 42.9. The van der Waals surface area contributed by atoms with E-state index >= 15 is 0 Å². The minimum atomic E-state index is -4.43. The minimum absolute atomic E-state index is 0.0915. The molecule has 3 aromatic rings. The molecule has 25 heavy (non-hydrogen) atoms. The van der Waals surface area contributed by atoms with E-state index < -0.39 is 17.6 Å². The highest BCUT2D eigenvalue weighted by molar-refractivity contribution is 5.89. The van der Waals surface area contributed by atoms with Gasteiger partial charge in [0.15, 0.2) is 0 Å². The number of carbonyl (C=O) groups is 1. The van der Waals surface area contributed by atoms with Gasteiger partial charge in [0.25, 0.3) is 0 Å². The fraction of sp³-hybridized carbons (Fsp3) is 0.118. The average molecular weight is 347 g/mol. The Morgan fingerprint density at radius 3 is 2.56 bits per heavy atom. The predicted octanol–water partition coefficient (Wildman–Crippen LogP) is 3.69. The summed E-state index contributed by atoms with van der Waals surface area (Å²) in [6.07, 6.45) is -4.43. The first kappa shape index (κ1) is 16.7. The van der Waals surface area contributed by atoms with E-state index in [1.165, 1.54) is 12.1 Å². The van der Waals surface area contributed by atoms with Crippen LogP contribution < -0.4 is 5.32 Å². The summed E-state index contributed by atoms with van der Waals surface area (Å²) in [5, 5.41) is 6.17. The molecular formula is C17H12F3N3O2. The topological polar surface area (TPSA) is 68.0 Å². The lowest BCUT2D eigenvalue weighted by Crippen LogP contribution is -2.23. The van der Waals surface area contributed by atoms with Gasteiger partial charge in [-0.05, 0) is 17.7 Å². The SMILES string of the molecule is O=C(NCc1cccc(C(F)(F)F)c1)c1nc(-c2ccccc2)no1. The number of alkyl halides is 3. The Labute approximate surface area is 140 Å². The Hall–Kier alpha value is -3.16. The Bertz CT molecular complexity index is 876. The van der Waals surface area contributed by atoms with Gasteiger partial charge in [-0.1, -0.05) is 47.6 Å². The number of hydrogen-bond donors (Lipinski definition) is 1. The Kier molecular flexibility index (Phi) is 4.51. The van der Waals surface area contributed by atoms with Crippen LogP contribution >= 0.6 is 0 Å². The molecule has 1 N–H and O–H groups in total. The van der Waals surface area contributed by atoms with Gasteiger partial charge in [0, 0.05) is 12.1 Å². The van der Waals surface area contributed by atoms with Crippen molar-refractivity contribution in [1.82, 2.24) is 15.5 Å². The van der Waals surface area contributed by atoms with Crippen LogP contribution in [-0.4, -0.2) is 16.0 Å². The number of aromatic nitrogens is 2. The highest BCUT2D eigenvalue weighted by Crippen LogP contribution is 2.29. The Morgan fingerprint density at radius 2 is 1.84 bits per heavy atom. The first-order chi connectivity index (χ1) is 11.9. The van der Waals surface area contributed by atoms with Crippen LogP contribution in [0.4, 0.5) is 13.2 Å². The molecule has 0 saturated carbocycles. The monoisotopic (exact) mass is 347 g/mol. The van der Waals surface area contributed by atoms with Gasteiger partial charge in [-0.15, -0.1) is 0 Å². The van der Waals surface area contributed by atoms with E-state index in [1.807, 2.05) is 6.07 Å². The van der Waals surface area contributed by atoms with Crippen molar-refractivity contribution in [2.24, 2.45) is 0 Å². The van der Waals surface area contributed by atoms with Gasteiger partial charge in [0.1, 0.15) is 0 Å². The summed E-state index contributed by atoms with van der Waals surface area (Å²) in [6.45, 7) is -0.0915. The van der Waals surface area contributed by atoms with Gasteiger partial charge >= 0.3 is 18.0 Å². The van der Waals surface area contributed by atoms with Gasteiger partial charge in [0.05, 0.1) is 5.56 Å². The molecule has 1 aromatic heterocycles. The van der Waals surface area contributed by atoms with Gasteiger partial charge in [-0.3, -0.25) is 4.79 Å². The van der Waals surface area contributed by atoms with Gasteiger partial charge < -0.3 is 9.84 Å². The van der Waals surface area contributed by atoms with Crippen molar-refractivity contribution in [2.75, 3.05) is 0 Å². The number of nitrogens with zero attached hydrogens (tertiary/aromatic N) is 2. The molecule has 0 unspecified atom stereocenters. The Balaban J connectivity index is 1.67. The molecule has 0 saturated heterocycles. The highest BCUT2D eigenvalue weighted by atomic mass is 19.4. The normalized spacial score (nSPS) is 11.3. The number of halogens is 3. The van der Waals surface area contributed by atoms with E-state index in [2.05, 4.69) is 15.5 Å². The Morgan fingerprint density at radius 1 is 1.08 bits per heavy atom. The van der Waals surface area contributed by atoms with Crippen LogP contribution in [0.2, 0.25) is 0 Å². The van der Waals surface area contributed by atoms with E-state index in [-0.39, 0.29) is 18.3 Å².